The molecule has 0 heterocycles. The number of hydrogen-bond acceptors (Lipinski definition) is 3. The predicted octanol–water partition coefficient (Wildman–Crippen LogP) is 2.97. The number of nitrogens with two attached hydrogens (primary N) is 1. The number of ether oxygens (including phenoxy) is 2. The molecule has 0 aliphatic heterocycles. The molecule has 0 spiro atoms. The van der Waals surface area contributed by atoms with E-state index in [1.54, 1.807) is 0 Å². The van der Waals surface area contributed by atoms with Crippen molar-refractivity contribution >= 4 is 10.8 Å². The maximum Gasteiger partial charge on any atom is 0.127 e. The summed E-state index contributed by atoms with van der Waals surface area (Å²) in [5.41, 5.74) is 5.48. The minimum absolute atomic E-state index is 0.123. The van der Waals surface area contributed by atoms with E-state index in [0.717, 1.165) is 17.6 Å². The van der Waals surface area contributed by atoms with Gasteiger partial charge in [-0.1, -0.05) is 36.4 Å². The van der Waals surface area contributed by atoms with Crippen LogP contribution < -0.4 is 10.5 Å². The van der Waals surface area contributed by atoms with E-state index in [9.17, 15) is 0 Å². The second-order valence-corrected chi connectivity index (χ2v) is 4.60. The fourth-order valence-corrected chi connectivity index (χ4v) is 1.92. The molecular formula is C16H21NO2. The molecule has 3 nitrogen and oxygen atoms in total. The second-order valence-electron chi connectivity index (χ2n) is 4.60. The maximum absolute atomic E-state index is 5.82. The summed E-state index contributed by atoms with van der Waals surface area (Å²) < 4.78 is 11.3. The Morgan fingerprint density at radius 2 is 1.84 bits per heavy atom. The third-order valence-electron chi connectivity index (χ3n) is 3.03. The van der Waals surface area contributed by atoms with Gasteiger partial charge in [0.05, 0.1) is 19.3 Å². The molecule has 0 aromatic heterocycles. The van der Waals surface area contributed by atoms with Gasteiger partial charge in [0.2, 0.25) is 0 Å². The number of benzene rings is 2. The molecule has 0 fully saturated rings. The zero-order chi connectivity index (χ0) is 13.5. The van der Waals surface area contributed by atoms with Crippen molar-refractivity contribution in [2.75, 3.05) is 19.8 Å². The molecular weight excluding hydrogens is 238 g/mol. The van der Waals surface area contributed by atoms with Gasteiger partial charge >= 0.3 is 0 Å². The van der Waals surface area contributed by atoms with Gasteiger partial charge in [-0.3, -0.25) is 0 Å². The predicted molar refractivity (Wildman–Crippen MR) is 78.5 cm³/mol. The first-order chi connectivity index (χ1) is 9.31. The van der Waals surface area contributed by atoms with Crippen LogP contribution >= 0.6 is 0 Å². The SMILES string of the molecule is CC(CN)OCCCOc1cccc2ccccc12. The Morgan fingerprint density at radius 3 is 2.68 bits per heavy atom. The standard InChI is InChI=1S/C16H21NO2/c1-13(12-17)18-10-5-11-19-16-9-4-7-14-6-2-3-8-15(14)16/h2-4,6-9,13H,5,10-12,17H2,1H3. The molecule has 19 heavy (non-hydrogen) atoms. The van der Waals surface area contributed by atoms with Gasteiger partial charge in [0.25, 0.3) is 0 Å². The van der Waals surface area contributed by atoms with Crippen LogP contribution in [0.25, 0.3) is 10.8 Å². The van der Waals surface area contributed by atoms with Crippen molar-refractivity contribution in [3.63, 3.8) is 0 Å². The molecule has 0 aliphatic carbocycles. The van der Waals surface area contributed by atoms with Gasteiger partial charge in [0.1, 0.15) is 5.75 Å². The van der Waals surface area contributed by atoms with E-state index in [4.69, 9.17) is 15.2 Å². The zero-order valence-corrected chi connectivity index (χ0v) is 11.3. The van der Waals surface area contributed by atoms with Gasteiger partial charge < -0.3 is 15.2 Å². The minimum Gasteiger partial charge on any atom is -0.493 e. The lowest BCUT2D eigenvalue weighted by atomic mass is 10.1. The lowest BCUT2D eigenvalue weighted by Gasteiger charge is -2.12. The molecule has 0 saturated carbocycles. The van der Waals surface area contributed by atoms with E-state index < -0.39 is 0 Å². The number of hydrogen-bond donors (Lipinski definition) is 1. The van der Waals surface area contributed by atoms with Crippen molar-refractivity contribution in [3.05, 3.63) is 42.5 Å². The summed E-state index contributed by atoms with van der Waals surface area (Å²) >= 11 is 0. The van der Waals surface area contributed by atoms with E-state index >= 15 is 0 Å². The molecule has 2 aromatic carbocycles. The molecule has 2 rings (SSSR count). The fraction of sp³-hybridized carbons (Fsp3) is 0.375. The Morgan fingerprint density at radius 1 is 1.05 bits per heavy atom. The van der Waals surface area contributed by atoms with E-state index in [-0.39, 0.29) is 6.10 Å². The molecule has 0 amide bonds. The van der Waals surface area contributed by atoms with Crippen molar-refractivity contribution in [2.24, 2.45) is 5.73 Å². The highest BCUT2D eigenvalue weighted by Gasteiger charge is 2.01. The van der Waals surface area contributed by atoms with E-state index in [2.05, 4.69) is 18.2 Å². The van der Waals surface area contributed by atoms with Crippen molar-refractivity contribution in [1.29, 1.82) is 0 Å². The van der Waals surface area contributed by atoms with Crippen molar-refractivity contribution in [3.8, 4) is 5.75 Å². The zero-order valence-electron chi connectivity index (χ0n) is 11.3. The number of rotatable bonds is 7. The highest BCUT2D eigenvalue weighted by Crippen LogP contribution is 2.25. The highest BCUT2D eigenvalue weighted by molar-refractivity contribution is 5.88. The Labute approximate surface area is 114 Å². The average molecular weight is 259 g/mol. The van der Waals surface area contributed by atoms with Crippen LogP contribution in [-0.4, -0.2) is 25.9 Å². The molecule has 0 saturated heterocycles. The van der Waals surface area contributed by atoms with Crippen LogP contribution in [0.3, 0.4) is 0 Å². The van der Waals surface area contributed by atoms with Crippen LogP contribution in [-0.2, 0) is 4.74 Å². The quantitative estimate of drug-likeness (QED) is 0.777. The van der Waals surface area contributed by atoms with Crippen LogP contribution in [0.2, 0.25) is 0 Å². The largest absolute Gasteiger partial charge is 0.493 e. The van der Waals surface area contributed by atoms with Gasteiger partial charge in [0.15, 0.2) is 0 Å². The summed E-state index contributed by atoms with van der Waals surface area (Å²) in [7, 11) is 0. The first-order valence-corrected chi connectivity index (χ1v) is 6.73. The third kappa shape index (κ3) is 3.94. The first kappa shape index (κ1) is 13.8. The Bertz CT molecular complexity index is 508. The van der Waals surface area contributed by atoms with Crippen LogP contribution in [0.15, 0.2) is 42.5 Å². The number of fused-ring (bicyclic) bond motifs is 1. The van der Waals surface area contributed by atoms with Gasteiger partial charge in [0, 0.05) is 18.4 Å². The topological polar surface area (TPSA) is 44.5 Å². The van der Waals surface area contributed by atoms with Crippen LogP contribution in [0.1, 0.15) is 13.3 Å². The van der Waals surface area contributed by atoms with Crippen LogP contribution in [0, 0.1) is 0 Å². The molecule has 102 valence electrons. The summed E-state index contributed by atoms with van der Waals surface area (Å²) in [4.78, 5) is 0. The Hall–Kier alpha value is -1.58. The van der Waals surface area contributed by atoms with E-state index in [0.29, 0.717) is 19.8 Å². The highest BCUT2D eigenvalue weighted by atomic mass is 16.5. The summed E-state index contributed by atoms with van der Waals surface area (Å²) in [5, 5.41) is 2.36. The van der Waals surface area contributed by atoms with Gasteiger partial charge in [-0.25, -0.2) is 0 Å². The minimum atomic E-state index is 0.123. The Balaban J connectivity index is 1.85. The first-order valence-electron chi connectivity index (χ1n) is 6.73. The van der Waals surface area contributed by atoms with Crippen molar-refractivity contribution < 1.29 is 9.47 Å². The van der Waals surface area contributed by atoms with E-state index in [1.807, 2.05) is 31.2 Å². The second kappa shape index (κ2) is 7.12. The molecule has 1 unspecified atom stereocenters. The molecule has 0 radical (unpaired) electrons. The Kier molecular flexibility index (Phi) is 5.19. The molecule has 1 atom stereocenters. The monoisotopic (exact) mass is 259 g/mol. The summed E-state index contributed by atoms with van der Waals surface area (Å²) in [6.45, 7) is 3.88. The molecule has 0 bridgehead atoms. The normalized spacial score (nSPS) is 12.5. The van der Waals surface area contributed by atoms with Crippen LogP contribution in [0.5, 0.6) is 5.75 Å². The van der Waals surface area contributed by atoms with Gasteiger partial charge in [-0.15, -0.1) is 0 Å². The maximum atomic E-state index is 5.82. The lowest BCUT2D eigenvalue weighted by Crippen LogP contribution is -2.21. The van der Waals surface area contributed by atoms with Crippen LogP contribution in [0.4, 0.5) is 0 Å². The van der Waals surface area contributed by atoms with Crippen molar-refractivity contribution in [2.45, 2.75) is 19.4 Å². The molecule has 2 aromatic rings. The average Bonchev–Trinajstić information content (AvgIpc) is 2.46. The smallest absolute Gasteiger partial charge is 0.127 e. The molecule has 0 aliphatic rings. The summed E-state index contributed by atoms with van der Waals surface area (Å²) in [5.74, 6) is 0.935. The fourth-order valence-electron chi connectivity index (χ4n) is 1.92. The third-order valence-corrected chi connectivity index (χ3v) is 3.03. The van der Waals surface area contributed by atoms with Gasteiger partial charge in [-0.2, -0.15) is 0 Å². The van der Waals surface area contributed by atoms with Crippen molar-refractivity contribution in [1.82, 2.24) is 0 Å². The summed E-state index contributed by atoms with van der Waals surface area (Å²) in [6.07, 6.45) is 0.991. The van der Waals surface area contributed by atoms with Gasteiger partial charge in [-0.05, 0) is 18.4 Å². The molecule has 2 N–H and O–H groups in total. The van der Waals surface area contributed by atoms with E-state index in [1.165, 1.54) is 5.39 Å². The summed E-state index contributed by atoms with van der Waals surface area (Å²) in [6, 6.07) is 14.4. The molecule has 3 heteroatoms. The lowest BCUT2D eigenvalue weighted by molar-refractivity contribution is 0.0632.